The normalized spacial score (nSPS) is 20.0. The molecule has 0 saturated heterocycles. The summed E-state index contributed by atoms with van der Waals surface area (Å²) in [6.07, 6.45) is 3.84. The third kappa shape index (κ3) is 4.72. The first-order valence-electron chi connectivity index (χ1n) is 7.34. The van der Waals surface area contributed by atoms with Gasteiger partial charge in [0.1, 0.15) is 6.10 Å². The summed E-state index contributed by atoms with van der Waals surface area (Å²) in [5.41, 5.74) is 0.724. The molecular weight excluding hydrogens is 272 g/mol. The maximum Gasteiger partial charge on any atom is 0.334 e. The van der Waals surface area contributed by atoms with Crippen molar-refractivity contribution >= 4 is 14.3 Å². The fraction of sp³-hybridized carbons (Fsp3) is 0.800. The molecule has 1 aliphatic rings. The molecule has 5 heteroatoms. The van der Waals surface area contributed by atoms with Crippen molar-refractivity contribution in [1.29, 1.82) is 0 Å². The number of carbonyl (C=O) groups is 1. The van der Waals surface area contributed by atoms with Crippen LogP contribution in [-0.2, 0) is 14.0 Å². The van der Waals surface area contributed by atoms with Gasteiger partial charge in [0, 0.05) is 12.2 Å². The van der Waals surface area contributed by atoms with Gasteiger partial charge in [-0.3, -0.25) is 0 Å². The Morgan fingerprint density at radius 3 is 2.55 bits per heavy atom. The maximum atomic E-state index is 11.7. The van der Waals surface area contributed by atoms with Crippen molar-refractivity contribution in [3.05, 3.63) is 11.6 Å². The Bertz CT molecular complexity index is 369. The summed E-state index contributed by atoms with van der Waals surface area (Å²) in [7, 11) is -1.80. The van der Waals surface area contributed by atoms with Crippen molar-refractivity contribution in [3.8, 4) is 0 Å². The molecule has 0 aliphatic carbocycles. The molecule has 0 unspecified atom stereocenters. The molecular formula is C15H28O4Si. The summed E-state index contributed by atoms with van der Waals surface area (Å²) in [5.74, 6) is -0.230. The fourth-order valence-electron chi connectivity index (χ4n) is 1.74. The third-order valence-corrected chi connectivity index (χ3v) is 8.68. The summed E-state index contributed by atoms with van der Waals surface area (Å²) in [4.78, 5) is 11.7. The zero-order valence-electron chi connectivity index (χ0n) is 13.4. The van der Waals surface area contributed by atoms with E-state index in [0.717, 1.165) is 18.4 Å². The van der Waals surface area contributed by atoms with Gasteiger partial charge in [0.05, 0.1) is 6.61 Å². The molecule has 1 N–H and O–H groups in total. The number of rotatable bonds is 7. The minimum Gasteiger partial charge on any atom is -0.452 e. The number of unbranched alkanes of at least 4 members (excludes halogenated alkanes) is 1. The van der Waals surface area contributed by atoms with Gasteiger partial charge in [-0.05, 0) is 43.5 Å². The smallest absolute Gasteiger partial charge is 0.334 e. The number of ether oxygens (including phenoxy) is 1. The van der Waals surface area contributed by atoms with Gasteiger partial charge in [0.2, 0.25) is 0 Å². The molecule has 0 amide bonds. The number of esters is 1. The van der Waals surface area contributed by atoms with Crippen molar-refractivity contribution in [2.75, 3.05) is 13.2 Å². The summed E-state index contributed by atoms with van der Waals surface area (Å²) < 4.78 is 11.4. The van der Waals surface area contributed by atoms with Crippen LogP contribution in [-0.4, -0.2) is 38.7 Å². The first-order valence-corrected chi connectivity index (χ1v) is 10.2. The van der Waals surface area contributed by atoms with Crippen LogP contribution in [0.1, 0.15) is 40.0 Å². The topological polar surface area (TPSA) is 55.8 Å². The minimum absolute atomic E-state index is 0.156. The zero-order chi connectivity index (χ0) is 15.4. The lowest BCUT2D eigenvalue weighted by Gasteiger charge is -2.36. The van der Waals surface area contributed by atoms with Gasteiger partial charge < -0.3 is 14.3 Å². The number of aliphatic hydroxyl groups excluding tert-OH is 1. The highest BCUT2D eigenvalue weighted by Crippen LogP contribution is 2.36. The van der Waals surface area contributed by atoms with Crippen molar-refractivity contribution in [2.45, 2.75) is 64.3 Å². The second-order valence-corrected chi connectivity index (χ2v) is 11.7. The molecule has 1 aliphatic heterocycles. The van der Waals surface area contributed by atoms with E-state index < -0.39 is 8.32 Å². The van der Waals surface area contributed by atoms with Crippen LogP contribution in [0.4, 0.5) is 0 Å². The summed E-state index contributed by atoms with van der Waals surface area (Å²) in [6, 6.07) is 0. The molecule has 0 aromatic heterocycles. The molecule has 1 heterocycles. The van der Waals surface area contributed by atoms with Gasteiger partial charge in [-0.15, -0.1) is 0 Å². The summed E-state index contributed by atoms with van der Waals surface area (Å²) in [5, 5.41) is 8.91. The van der Waals surface area contributed by atoms with Crippen LogP contribution in [0.3, 0.4) is 0 Å². The zero-order valence-corrected chi connectivity index (χ0v) is 14.4. The average Bonchev–Trinajstić information content (AvgIpc) is 2.67. The highest BCUT2D eigenvalue weighted by Gasteiger charge is 2.38. The van der Waals surface area contributed by atoms with Crippen LogP contribution in [0.2, 0.25) is 18.1 Å². The van der Waals surface area contributed by atoms with Crippen molar-refractivity contribution < 1.29 is 19.1 Å². The maximum absolute atomic E-state index is 11.7. The van der Waals surface area contributed by atoms with Crippen LogP contribution in [0, 0.1) is 0 Å². The number of hydrogen-bond donors (Lipinski definition) is 1. The summed E-state index contributed by atoms with van der Waals surface area (Å²) in [6.45, 7) is 11.6. The van der Waals surface area contributed by atoms with Crippen LogP contribution in [0.5, 0.6) is 0 Å². The predicted molar refractivity (Wildman–Crippen MR) is 82.0 cm³/mol. The lowest BCUT2D eigenvalue weighted by molar-refractivity contribution is -0.140. The van der Waals surface area contributed by atoms with E-state index in [1.54, 1.807) is 0 Å². The number of cyclic esters (lactones) is 1. The van der Waals surface area contributed by atoms with E-state index in [1.165, 1.54) is 0 Å². The SMILES string of the molecule is CC(C)(C)[Si](C)(C)OC[C@@H]1C=C(CCCCO)C(=O)O1. The van der Waals surface area contributed by atoms with Gasteiger partial charge in [-0.25, -0.2) is 4.79 Å². The lowest BCUT2D eigenvalue weighted by atomic mass is 10.1. The van der Waals surface area contributed by atoms with Crippen LogP contribution in [0.15, 0.2) is 11.6 Å². The molecule has 0 bridgehead atoms. The van der Waals surface area contributed by atoms with Gasteiger partial charge in [-0.1, -0.05) is 20.8 Å². The molecule has 0 radical (unpaired) electrons. The van der Waals surface area contributed by atoms with E-state index in [2.05, 4.69) is 33.9 Å². The molecule has 1 atom stereocenters. The van der Waals surface area contributed by atoms with E-state index in [1.807, 2.05) is 6.08 Å². The molecule has 0 fully saturated rings. The summed E-state index contributed by atoms with van der Waals surface area (Å²) >= 11 is 0. The van der Waals surface area contributed by atoms with Crippen molar-refractivity contribution in [2.24, 2.45) is 0 Å². The third-order valence-electron chi connectivity index (χ3n) is 4.18. The number of aliphatic hydroxyl groups is 1. The molecule has 0 aromatic rings. The van der Waals surface area contributed by atoms with E-state index in [9.17, 15) is 4.79 Å². The van der Waals surface area contributed by atoms with Crippen LogP contribution < -0.4 is 0 Å². The van der Waals surface area contributed by atoms with Crippen molar-refractivity contribution in [3.63, 3.8) is 0 Å². The molecule has 0 spiro atoms. The Morgan fingerprint density at radius 1 is 1.35 bits per heavy atom. The van der Waals surface area contributed by atoms with Gasteiger partial charge >= 0.3 is 5.97 Å². The Labute approximate surface area is 123 Å². The molecule has 116 valence electrons. The second kappa shape index (κ2) is 6.87. The molecule has 4 nitrogen and oxygen atoms in total. The predicted octanol–water partition coefficient (Wildman–Crippen LogP) is 3.02. The molecule has 0 aromatic carbocycles. The van der Waals surface area contributed by atoms with E-state index in [0.29, 0.717) is 13.0 Å². The van der Waals surface area contributed by atoms with Gasteiger partial charge in [0.25, 0.3) is 0 Å². The number of carbonyl (C=O) groups excluding carboxylic acids is 1. The molecule has 20 heavy (non-hydrogen) atoms. The first kappa shape index (κ1) is 17.4. The highest BCUT2D eigenvalue weighted by molar-refractivity contribution is 6.74. The monoisotopic (exact) mass is 300 g/mol. The Balaban J connectivity index is 2.48. The molecule has 0 saturated carbocycles. The Hall–Kier alpha value is -0.653. The fourth-order valence-corrected chi connectivity index (χ4v) is 2.76. The minimum atomic E-state index is -1.80. The average molecular weight is 300 g/mol. The quantitative estimate of drug-likeness (QED) is 0.446. The van der Waals surface area contributed by atoms with E-state index in [-0.39, 0.29) is 23.7 Å². The second-order valence-electron chi connectivity index (χ2n) is 6.89. The Morgan fingerprint density at radius 2 is 2.00 bits per heavy atom. The largest absolute Gasteiger partial charge is 0.452 e. The molecule has 1 rings (SSSR count). The number of hydrogen-bond acceptors (Lipinski definition) is 4. The van der Waals surface area contributed by atoms with Crippen LogP contribution in [0.25, 0.3) is 0 Å². The van der Waals surface area contributed by atoms with Crippen molar-refractivity contribution in [1.82, 2.24) is 0 Å². The standard InChI is InChI=1S/C15H28O4Si/c1-15(2,3)20(4,5)18-11-13-10-12(14(17)19-13)8-6-7-9-16/h10,13,16H,6-9,11H2,1-5H3/t13-/m0/s1. The Kier molecular flexibility index (Phi) is 5.98. The van der Waals surface area contributed by atoms with E-state index in [4.69, 9.17) is 14.3 Å². The van der Waals surface area contributed by atoms with Gasteiger partial charge in [0.15, 0.2) is 8.32 Å². The first-order chi connectivity index (χ1) is 9.17. The van der Waals surface area contributed by atoms with Crippen LogP contribution >= 0.6 is 0 Å². The lowest BCUT2D eigenvalue weighted by Crippen LogP contribution is -2.42. The van der Waals surface area contributed by atoms with Gasteiger partial charge in [-0.2, -0.15) is 0 Å². The van der Waals surface area contributed by atoms with E-state index >= 15 is 0 Å². The highest BCUT2D eigenvalue weighted by atomic mass is 28.4.